The summed E-state index contributed by atoms with van der Waals surface area (Å²) in [5.74, 6) is 2.05. The zero-order valence-corrected chi connectivity index (χ0v) is 13.5. The van der Waals surface area contributed by atoms with Gasteiger partial charge in [0.2, 0.25) is 0 Å². The highest BCUT2D eigenvalue weighted by molar-refractivity contribution is 9.10. The van der Waals surface area contributed by atoms with E-state index in [9.17, 15) is 0 Å². The molecule has 0 bridgehead atoms. The molecule has 106 valence electrons. The lowest BCUT2D eigenvalue weighted by atomic mass is 10.1. The predicted octanol–water partition coefficient (Wildman–Crippen LogP) is 4.92. The number of hydrogen-bond donors (Lipinski definition) is 1. The van der Waals surface area contributed by atoms with Crippen molar-refractivity contribution in [2.45, 2.75) is 13.0 Å². The van der Waals surface area contributed by atoms with Crippen LogP contribution < -0.4 is 15.2 Å². The minimum atomic E-state index is -0.202. The second kappa shape index (κ2) is 6.48. The Bertz CT molecular complexity index is 617. The minimum absolute atomic E-state index is 0.202. The van der Waals surface area contributed by atoms with Crippen LogP contribution in [-0.2, 0) is 0 Å². The van der Waals surface area contributed by atoms with E-state index in [1.807, 2.05) is 25.1 Å². The van der Waals surface area contributed by atoms with Crippen LogP contribution in [0.4, 0.5) is 0 Å². The van der Waals surface area contributed by atoms with Crippen molar-refractivity contribution >= 4 is 27.5 Å². The maximum atomic E-state index is 6.01. The third kappa shape index (κ3) is 3.26. The summed E-state index contributed by atoms with van der Waals surface area (Å²) in [4.78, 5) is 0. The Hall–Kier alpha value is -1.23. The van der Waals surface area contributed by atoms with E-state index >= 15 is 0 Å². The number of hydrogen-bond acceptors (Lipinski definition) is 3. The van der Waals surface area contributed by atoms with Gasteiger partial charge in [-0.1, -0.05) is 17.7 Å². The van der Waals surface area contributed by atoms with E-state index in [-0.39, 0.29) is 6.04 Å². The molecule has 0 saturated carbocycles. The second-order valence-corrected chi connectivity index (χ2v) is 5.63. The predicted molar refractivity (Wildman–Crippen MR) is 84.8 cm³/mol. The van der Waals surface area contributed by atoms with Crippen LogP contribution in [0.15, 0.2) is 40.9 Å². The zero-order valence-electron chi connectivity index (χ0n) is 11.2. The standard InChI is InChI=1S/C15H15BrClNO2/c1-9(18)15-13(19-2)4-3-5-14(15)20-12-7-6-10(17)8-11(12)16/h3-9H,18H2,1-2H3/t9-/m1/s1. The topological polar surface area (TPSA) is 44.5 Å². The molecule has 0 aliphatic heterocycles. The van der Waals surface area contributed by atoms with Gasteiger partial charge in [0.25, 0.3) is 0 Å². The molecule has 0 saturated heterocycles. The molecule has 0 aliphatic rings. The summed E-state index contributed by atoms with van der Waals surface area (Å²) in [6.07, 6.45) is 0. The summed E-state index contributed by atoms with van der Waals surface area (Å²) in [5.41, 5.74) is 6.84. The molecule has 2 aromatic rings. The maximum absolute atomic E-state index is 6.01. The van der Waals surface area contributed by atoms with Crippen molar-refractivity contribution in [1.29, 1.82) is 0 Å². The summed E-state index contributed by atoms with van der Waals surface area (Å²) in [7, 11) is 1.61. The summed E-state index contributed by atoms with van der Waals surface area (Å²) >= 11 is 9.35. The Morgan fingerprint density at radius 3 is 2.45 bits per heavy atom. The zero-order chi connectivity index (χ0) is 14.7. The fraction of sp³-hybridized carbons (Fsp3) is 0.200. The first-order chi connectivity index (χ1) is 9.52. The fourth-order valence-electron chi connectivity index (χ4n) is 1.92. The van der Waals surface area contributed by atoms with Crippen LogP contribution in [0.25, 0.3) is 0 Å². The number of ether oxygens (including phenoxy) is 2. The van der Waals surface area contributed by atoms with Crippen molar-refractivity contribution in [2.75, 3.05) is 7.11 Å². The van der Waals surface area contributed by atoms with E-state index in [0.29, 0.717) is 22.3 Å². The Morgan fingerprint density at radius 1 is 1.15 bits per heavy atom. The lowest BCUT2D eigenvalue weighted by Crippen LogP contribution is -2.08. The van der Waals surface area contributed by atoms with Crippen molar-refractivity contribution in [3.05, 3.63) is 51.5 Å². The van der Waals surface area contributed by atoms with Gasteiger partial charge in [-0.15, -0.1) is 0 Å². The van der Waals surface area contributed by atoms with E-state index < -0.39 is 0 Å². The van der Waals surface area contributed by atoms with Crippen LogP contribution in [0.1, 0.15) is 18.5 Å². The smallest absolute Gasteiger partial charge is 0.141 e. The maximum Gasteiger partial charge on any atom is 0.141 e. The molecule has 0 aromatic heterocycles. The molecular weight excluding hydrogens is 342 g/mol. The molecule has 0 heterocycles. The molecule has 0 spiro atoms. The molecule has 0 radical (unpaired) electrons. The van der Waals surface area contributed by atoms with E-state index in [4.69, 9.17) is 26.8 Å². The average Bonchev–Trinajstić information content (AvgIpc) is 2.41. The van der Waals surface area contributed by atoms with Crippen LogP contribution >= 0.6 is 27.5 Å². The highest BCUT2D eigenvalue weighted by Gasteiger charge is 2.15. The Kier molecular flexibility index (Phi) is 4.91. The molecule has 2 N–H and O–H groups in total. The highest BCUT2D eigenvalue weighted by atomic mass is 79.9. The Balaban J connectivity index is 2.43. The molecule has 0 fully saturated rings. The van der Waals surface area contributed by atoms with Gasteiger partial charge in [0.05, 0.1) is 17.1 Å². The van der Waals surface area contributed by atoms with Crippen molar-refractivity contribution < 1.29 is 9.47 Å². The van der Waals surface area contributed by atoms with Gasteiger partial charge < -0.3 is 15.2 Å². The quantitative estimate of drug-likeness (QED) is 0.845. The van der Waals surface area contributed by atoms with E-state index in [2.05, 4.69) is 15.9 Å². The molecule has 20 heavy (non-hydrogen) atoms. The molecule has 3 nitrogen and oxygen atoms in total. The van der Waals surface area contributed by atoms with Gasteiger partial charge in [-0.2, -0.15) is 0 Å². The van der Waals surface area contributed by atoms with E-state index in [0.717, 1.165) is 10.0 Å². The molecule has 5 heteroatoms. The van der Waals surface area contributed by atoms with Crippen molar-refractivity contribution in [3.8, 4) is 17.2 Å². The number of benzene rings is 2. The normalized spacial score (nSPS) is 12.1. The molecule has 2 rings (SSSR count). The van der Waals surface area contributed by atoms with Crippen LogP contribution in [-0.4, -0.2) is 7.11 Å². The number of methoxy groups -OCH3 is 1. The molecule has 1 atom stereocenters. The van der Waals surface area contributed by atoms with Gasteiger partial charge in [0.15, 0.2) is 0 Å². The van der Waals surface area contributed by atoms with Crippen molar-refractivity contribution in [2.24, 2.45) is 5.73 Å². The van der Waals surface area contributed by atoms with Gasteiger partial charge in [-0.25, -0.2) is 0 Å². The SMILES string of the molecule is COc1cccc(Oc2ccc(Cl)cc2Br)c1[C@@H](C)N. The molecule has 2 aromatic carbocycles. The molecule has 0 amide bonds. The van der Waals surface area contributed by atoms with Gasteiger partial charge in [0, 0.05) is 11.1 Å². The summed E-state index contributed by atoms with van der Waals surface area (Å²) < 4.78 is 12.1. The fourth-order valence-corrected chi connectivity index (χ4v) is 2.68. The van der Waals surface area contributed by atoms with Crippen LogP contribution in [0.3, 0.4) is 0 Å². The van der Waals surface area contributed by atoms with E-state index in [1.165, 1.54) is 0 Å². The first-order valence-corrected chi connectivity index (χ1v) is 7.25. The van der Waals surface area contributed by atoms with Gasteiger partial charge in [0.1, 0.15) is 17.2 Å². The third-order valence-corrected chi connectivity index (χ3v) is 3.67. The number of halogens is 2. The monoisotopic (exact) mass is 355 g/mol. The third-order valence-electron chi connectivity index (χ3n) is 2.82. The summed E-state index contributed by atoms with van der Waals surface area (Å²) in [6.45, 7) is 1.89. The first-order valence-electron chi connectivity index (χ1n) is 6.08. The highest BCUT2D eigenvalue weighted by Crippen LogP contribution is 2.38. The largest absolute Gasteiger partial charge is 0.496 e. The average molecular weight is 357 g/mol. The Morgan fingerprint density at radius 2 is 1.85 bits per heavy atom. The molecule has 0 unspecified atom stereocenters. The Labute approximate surface area is 131 Å². The van der Waals surface area contributed by atoms with Gasteiger partial charge >= 0.3 is 0 Å². The van der Waals surface area contributed by atoms with Gasteiger partial charge in [-0.3, -0.25) is 0 Å². The first kappa shape index (κ1) is 15.2. The lowest BCUT2D eigenvalue weighted by molar-refractivity contribution is 0.397. The molecule has 0 aliphatic carbocycles. The minimum Gasteiger partial charge on any atom is -0.496 e. The van der Waals surface area contributed by atoms with E-state index in [1.54, 1.807) is 25.3 Å². The number of nitrogens with two attached hydrogens (primary N) is 1. The van der Waals surface area contributed by atoms with Crippen LogP contribution in [0.2, 0.25) is 5.02 Å². The molecular formula is C15H15BrClNO2. The summed E-state index contributed by atoms with van der Waals surface area (Å²) in [6, 6.07) is 10.7. The van der Waals surface area contributed by atoms with Crippen molar-refractivity contribution in [1.82, 2.24) is 0 Å². The van der Waals surface area contributed by atoms with Crippen LogP contribution in [0.5, 0.6) is 17.2 Å². The van der Waals surface area contributed by atoms with Crippen LogP contribution in [0, 0.1) is 0 Å². The lowest BCUT2D eigenvalue weighted by Gasteiger charge is -2.17. The second-order valence-electron chi connectivity index (χ2n) is 4.34. The number of rotatable bonds is 4. The summed E-state index contributed by atoms with van der Waals surface area (Å²) in [5, 5.41) is 0.641. The van der Waals surface area contributed by atoms with Gasteiger partial charge in [-0.05, 0) is 53.2 Å². The van der Waals surface area contributed by atoms with Crippen molar-refractivity contribution in [3.63, 3.8) is 0 Å².